The first-order valence-corrected chi connectivity index (χ1v) is 18.6. The van der Waals surface area contributed by atoms with Crippen LogP contribution in [0, 0.1) is 0 Å². The zero-order valence-electron chi connectivity index (χ0n) is 22.8. The molecule has 0 bridgehead atoms. The summed E-state index contributed by atoms with van der Waals surface area (Å²) in [7, 11) is 0. The van der Waals surface area contributed by atoms with Gasteiger partial charge in [0.2, 0.25) is 0 Å². The summed E-state index contributed by atoms with van der Waals surface area (Å²) in [5, 5.41) is 0. The highest BCUT2D eigenvalue weighted by molar-refractivity contribution is 7.64. The molecule has 4 atom stereocenters. The lowest BCUT2D eigenvalue weighted by Crippen LogP contribution is -2.28. The average Bonchev–Trinajstić information content (AvgIpc) is 2.85. The second-order valence-electron chi connectivity index (χ2n) is 9.02. The van der Waals surface area contributed by atoms with Crippen molar-refractivity contribution in [1.29, 1.82) is 0 Å². The van der Waals surface area contributed by atoms with Crippen LogP contribution in [0.3, 0.4) is 0 Å². The molecular formula is C26H47Cl3O8Si. The van der Waals surface area contributed by atoms with Gasteiger partial charge in [-0.3, -0.25) is 0 Å². The third kappa shape index (κ3) is 22.0. The van der Waals surface area contributed by atoms with Crippen LogP contribution in [-0.2, 0) is 37.9 Å². The van der Waals surface area contributed by atoms with E-state index in [2.05, 4.69) is 13.2 Å². The first kappa shape index (κ1) is 36.3. The van der Waals surface area contributed by atoms with Crippen LogP contribution in [0.5, 0.6) is 0 Å². The van der Waals surface area contributed by atoms with E-state index in [4.69, 9.17) is 71.1 Å². The van der Waals surface area contributed by atoms with Crippen molar-refractivity contribution in [1.82, 2.24) is 0 Å². The van der Waals surface area contributed by atoms with Crippen molar-refractivity contribution < 1.29 is 37.9 Å². The second-order valence-corrected chi connectivity index (χ2v) is 18.3. The Morgan fingerprint density at radius 1 is 0.632 bits per heavy atom. The van der Waals surface area contributed by atoms with Gasteiger partial charge in [0.1, 0.15) is 0 Å². The molecule has 12 heteroatoms. The van der Waals surface area contributed by atoms with Crippen LogP contribution in [0.2, 0.25) is 6.04 Å². The number of halogens is 3. The van der Waals surface area contributed by atoms with E-state index in [1.807, 2.05) is 19.1 Å². The Morgan fingerprint density at radius 3 is 1.53 bits per heavy atom. The summed E-state index contributed by atoms with van der Waals surface area (Å²) in [6.07, 6.45) is 7.14. The number of hydrogen-bond donors (Lipinski definition) is 0. The molecule has 2 fully saturated rings. The van der Waals surface area contributed by atoms with Crippen molar-refractivity contribution in [3.05, 3.63) is 25.3 Å². The first-order valence-electron chi connectivity index (χ1n) is 13.4. The fourth-order valence-electron chi connectivity index (χ4n) is 3.56. The Kier molecular flexibility index (Phi) is 22.8. The van der Waals surface area contributed by atoms with E-state index in [1.54, 1.807) is 0 Å². The summed E-state index contributed by atoms with van der Waals surface area (Å²) in [6.45, 7) is 16.2. The normalized spacial score (nSPS) is 27.7. The summed E-state index contributed by atoms with van der Waals surface area (Å²) in [6, 6.07) is -1.91. The average molecular weight is 622 g/mol. The number of rotatable bonds is 8. The fraction of sp³-hybridized carbons (Fsp3) is 0.846. The van der Waals surface area contributed by atoms with E-state index in [9.17, 15) is 0 Å². The minimum atomic E-state index is -2.55. The molecule has 0 amide bonds. The third-order valence-electron chi connectivity index (χ3n) is 5.48. The van der Waals surface area contributed by atoms with Crippen LogP contribution in [-0.4, -0.2) is 110 Å². The van der Waals surface area contributed by atoms with Crippen LogP contribution in [0.25, 0.3) is 0 Å². The highest BCUT2D eigenvalue weighted by Gasteiger charge is 2.25. The van der Waals surface area contributed by atoms with E-state index in [1.165, 1.54) is 0 Å². The predicted molar refractivity (Wildman–Crippen MR) is 155 cm³/mol. The maximum absolute atomic E-state index is 5.89. The van der Waals surface area contributed by atoms with Gasteiger partial charge in [0.15, 0.2) is 0 Å². The molecule has 0 spiro atoms. The molecule has 8 nitrogen and oxygen atoms in total. The molecule has 0 aromatic carbocycles. The molecule has 0 saturated carbocycles. The van der Waals surface area contributed by atoms with Crippen molar-refractivity contribution in [2.24, 2.45) is 0 Å². The van der Waals surface area contributed by atoms with Crippen molar-refractivity contribution >= 4 is 39.2 Å². The van der Waals surface area contributed by atoms with Gasteiger partial charge in [-0.2, -0.15) is 0 Å². The first-order chi connectivity index (χ1) is 18.3. The smallest absolute Gasteiger partial charge is 0.341 e. The van der Waals surface area contributed by atoms with E-state index in [-0.39, 0.29) is 24.4 Å². The second kappa shape index (κ2) is 23.9. The van der Waals surface area contributed by atoms with Crippen molar-refractivity contribution in [2.45, 2.75) is 63.1 Å². The topological polar surface area (TPSA) is 73.8 Å². The SMILES string of the molecule is C=CCC1COCCOC(C)COCCO1.C=CCC1COCCOC(CCC[Si](Cl)(Cl)Cl)COCCO1. The molecule has 2 aliphatic heterocycles. The molecule has 2 rings (SSSR count). The molecule has 2 aliphatic rings. The molecule has 4 unspecified atom stereocenters. The monoisotopic (exact) mass is 620 g/mol. The highest BCUT2D eigenvalue weighted by atomic mass is 35.8. The fourth-order valence-corrected chi connectivity index (χ4v) is 5.36. The van der Waals surface area contributed by atoms with Crippen molar-refractivity contribution in [3.63, 3.8) is 0 Å². The molecule has 2 heterocycles. The van der Waals surface area contributed by atoms with E-state index in [0.29, 0.717) is 85.3 Å². The molecular weight excluding hydrogens is 575 g/mol. The third-order valence-corrected chi connectivity index (χ3v) is 8.10. The lowest BCUT2D eigenvalue weighted by Gasteiger charge is -2.22. The van der Waals surface area contributed by atoms with Crippen molar-refractivity contribution in [2.75, 3.05) is 79.3 Å². The minimum absolute atomic E-state index is 0.00773. The van der Waals surface area contributed by atoms with Gasteiger partial charge in [0.05, 0.1) is 104 Å². The van der Waals surface area contributed by atoms with Crippen LogP contribution >= 0.6 is 33.2 Å². The quantitative estimate of drug-likeness (QED) is 0.208. The largest absolute Gasteiger partial charge is 0.376 e. The van der Waals surface area contributed by atoms with Gasteiger partial charge in [0.25, 0.3) is 0 Å². The standard InChI is InChI=1S/C14H25Cl3O4Si.C12H22O4/c1-2-4-13-11-18-7-9-21-14(12-19-6-8-20-13)5-3-10-22(15,16)17;1-3-4-12-10-14-5-7-15-11(2)9-13-6-8-16-12/h2,13-14H,1,3-12H2;3,11-12H,1,4-10H2,2H3. The van der Waals surface area contributed by atoms with Crippen LogP contribution in [0.4, 0.5) is 0 Å². The molecule has 0 N–H and O–H groups in total. The highest BCUT2D eigenvalue weighted by Crippen LogP contribution is 2.27. The molecule has 0 aromatic heterocycles. The van der Waals surface area contributed by atoms with Gasteiger partial charge in [-0.15, -0.1) is 46.4 Å². The van der Waals surface area contributed by atoms with Crippen LogP contribution < -0.4 is 0 Å². The Morgan fingerprint density at radius 2 is 1.05 bits per heavy atom. The lowest BCUT2D eigenvalue weighted by atomic mass is 10.2. The van der Waals surface area contributed by atoms with Gasteiger partial charge in [-0.1, -0.05) is 12.2 Å². The van der Waals surface area contributed by atoms with Gasteiger partial charge in [0, 0.05) is 0 Å². The molecule has 224 valence electrons. The van der Waals surface area contributed by atoms with Gasteiger partial charge < -0.3 is 37.9 Å². The number of hydrogen-bond acceptors (Lipinski definition) is 8. The zero-order chi connectivity index (χ0) is 27.9. The van der Waals surface area contributed by atoms with E-state index < -0.39 is 6.00 Å². The van der Waals surface area contributed by atoms with Crippen LogP contribution in [0.1, 0.15) is 32.6 Å². The molecule has 0 radical (unpaired) electrons. The summed E-state index contributed by atoms with van der Waals surface area (Å²) < 4.78 is 44.8. The zero-order valence-corrected chi connectivity index (χ0v) is 26.1. The number of ether oxygens (including phenoxy) is 8. The maximum Gasteiger partial charge on any atom is 0.341 e. The van der Waals surface area contributed by atoms with Gasteiger partial charge in [-0.05, 0) is 38.7 Å². The Balaban J connectivity index is 0.000000399. The summed E-state index contributed by atoms with van der Waals surface area (Å²) >= 11 is 17.7. The summed E-state index contributed by atoms with van der Waals surface area (Å²) in [4.78, 5) is 0. The van der Waals surface area contributed by atoms with Gasteiger partial charge in [-0.25, -0.2) is 0 Å². The predicted octanol–water partition coefficient (Wildman–Crippen LogP) is 5.21. The Hall–Kier alpha value is 0.247. The minimum Gasteiger partial charge on any atom is -0.376 e. The summed E-state index contributed by atoms with van der Waals surface area (Å²) in [5.74, 6) is 0. The molecule has 38 heavy (non-hydrogen) atoms. The molecule has 2 saturated heterocycles. The van der Waals surface area contributed by atoms with E-state index in [0.717, 1.165) is 25.7 Å². The van der Waals surface area contributed by atoms with Crippen LogP contribution in [0.15, 0.2) is 25.3 Å². The maximum atomic E-state index is 5.89. The molecule has 0 aromatic rings. The lowest BCUT2D eigenvalue weighted by molar-refractivity contribution is -0.0884. The summed E-state index contributed by atoms with van der Waals surface area (Å²) in [5.41, 5.74) is 0. The van der Waals surface area contributed by atoms with Gasteiger partial charge >= 0.3 is 6.00 Å². The Labute approximate surface area is 244 Å². The van der Waals surface area contributed by atoms with Crippen molar-refractivity contribution in [3.8, 4) is 0 Å². The Bertz CT molecular complexity index is 557. The van der Waals surface area contributed by atoms with E-state index >= 15 is 0 Å². The molecule has 0 aliphatic carbocycles.